The minimum absolute atomic E-state index is 0. The maximum absolute atomic E-state index is 5.45. The highest BCUT2D eigenvalue weighted by atomic mass is 127. The lowest BCUT2D eigenvalue weighted by molar-refractivity contribution is 0.305. The van der Waals surface area contributed by atoms with E-state index in [1.54, 1.807) is 0 Å². The third-order valence-corrected chi connectivity index (χ3v) is 2.45. The lowest BCUT2D eigenvalue weighted by Gasteiger charge is -2.22. The topological polar surface area (TPSA) is 41.0 Å². The number of pyridine rings is 1. The highest BCUT2D eigenvalue weighted by Gasteiger charge is 2.04. The second-order valence-electron chi connectivity index (χ2n) is 4.76. The molecule has 1 aromatic heterocycles. The first-order chi connectivity index (χ1) is 9.04. The van der Waals surface area contributed by atoms with E-state index in [9.17, 15) is 0 Å². The first-order valence-electron chi connectivity index (χ1n) is 6.51. The molecule has 0 amide bonds. The summed E-state index contributed by atoms with van der Waals surface area (Å²) in [6.45, 7) is 3.40. The molecule has 0 aromatic carbocycles. The molecular formula is C14H25IN4O. The Morgan fingerprint density at radius 1 is 1.20 bits per heavy atom. The number of ether oxygens (including phenoxy) is 1. The number of hydrogen-bond acceptors (Lipinski definition) is 3. The van der Waals surface area contributed by atoms with Crippen LogP contribution >= 0.6 is 24.0 Å². The normalized spacial score (nSPS) is 9.45. The minimum atomic E-state index is 0. The van der Waals surface area contributed by atoms with E-state index in [0.29, 0.717) is 19.0 Å². The molecule has 0 saturated carbocycles. The van der Waals surface area contributed by atoms with Gasteiger partial charge in [-0.15, -0.1) is 24.0 Å². The zero-order valence-corrected chi connectivity index (χ0v) is 15.3. The van der Waals surface area contributed by atoms with Crippen LogP contribution in [0.5, 0.6) is 5.88 Å². The van der Waals surface area contributed by atoms with Crippen molar-refractivity contribution in [3.8, 4) is 5.88 Å². The number of rotatable bonds is 5. The molecule has 0 radical (unpaired) electrons. The third kappa shape index (κ3) is 6.40. The Morgan fingerprint density at radius 2 is 1.85 bits per heavy atom. The maximum Gasteiger partial charge on any atom is 0.213 e. The molecule has 0 bridgehead atoms. The van der Waals surface area contributed by atoms with Crippen molar-refractivity contribution in [3.63, 3.8) is 0 Å². The van der Waals surface area contributed by atoms with Crippen molar-refractivity contribution in [2.24, 2.45) is 4.99 Å². The standard InChI is InChI=1S/C14H24N4O.HI/c1-6-9-19-13-8-7-12(10-15-13)11-16-14(17(2)3)18(4)5;/h7-8,10H,6,9,11H2,1-5H3;1H. The van der Waals surface area contributed by atoms with E-state index in [1.807, 2.05) is 56.3 Å². The van der Waals surface area contributed by atoms with E-state index in [1.165, 1.54) is 0 Å². The van der Waals surface area contributed by atoms with Gasteiger partial charge >= 0.3 is 0 Å². The monoisotopic (exact) mass is 392 g/mol. The number of aliphatic imine (C=N–C) groups is 1. The van der Waals surface area contributed by atoms with Gasteiger partial charge in [0.25, 0.3) is 0 Å². The molecule has 0 aliphatic carbocycles. The molecule has 1 heterocycles. The molecule has 0 saturated heterocycles. The van der Waals surface area contributed by atoms with Crippen molar-refractivity contribution in [3.05, 3.63) is 23.9 Å². The van der Waals surface area contributed by atoms with E-state index in [2.05, 4.69) is 16.9 Å². The molecule has 0 atom stereocenters. The molecule has 1 aromatic rings. The molecule has 0 spiro atoms. The Bertz CT molecular complexity index is 394. The first-order valence-corrected chi connectivity index (χ1v) is 6.51. The van der Waals surface area contributed by atoms with E-state index in [0.717, 1.165) is 17.9 Å². The van der Waals surface area contributed by atoms with Gasteiger partial charge in [-0.05, 0) is 12.0 Å². The van der Waals surface area contributed by atoms with Crippen LogP contribution in [0.4, 0.5) is 0 Å². The van der Waals surface area contributed by atoms with E-state index < -0.39 is 0 Å². The first kappa shape index (κ1) is 18.9. The van der Waals surface area contributed by atoms with Crippen molar-refractivity contribution >= 4 is 29.9 Å². The largest absolute Gasteiger partial charge is 0.478 e. The van der Waals surface area contributed by atoms with Gasteiger partial charge in [-0.3, -0.25) is 0 Å². The fraction of sp³-hybridized carbons (Fsp3) is 0.571. The van der Waals surface area contributed by atoms with Gasteiger partial charge < -0.3 is 14.5 Å². The van der Waals surface area contributed by atoms with Crippen molar-refractivity contribution in [2.75, 3.05) is 34.8 Å². The van der Waals surface area contributed by atoms with Crippen LogP contribution < -0.4 is 4.74 Å². The van der Waals surface area contributed by atoms with E-state index >= 15 is 0 Å². The summed E-state index contributed by atoms with van der Waals surface area (Å²) < 4.78 is 5.45. The number of aromatic nitrogens is 1. The summed E-state index contributed by atoms with van der Waals surface area (Å²) in [5, 5.41) is 0. The molecule has 0 fully saturated rings. The van der Waals surface area contributed by atoms with Gasteiger partial charge in [-0.1, -0.05) is 13.0 Å². The SMILES string of the molecule is CCCOc1ccc(CN=C(N(C)C)N(C)C)cn1.I. The molecule has 1 rings (SSSR count). The van der Waals surface area contributed by atoms with Crippen molar-refractivity contribution in [1.82, 2.24) is 14.8 Å². The Hall–Kier alpha value is -1.05. The summed E-state index contributed by atoms with van der Waals surface area (Å²) in [5.41, 5.74) is 1.07. The molecule has 0 aliphatic heterocycles. The van der Waals surface area contributed by atoms with Crippen LogP contribution in [0, 0.1) is 0 Å². The summed E-state index contributed by atoms with van der Waals surface area (Å²) >= 11 is 0. The van der Waals surface area contributed by atoms with Crippen molar-refractivity contribution in [1.29, 1.82) is 0 Å². The average molecular weight is 392 g/mol. The lowest BCUT2D eigenvalue weighted by Crippen LogP contribution is -2.35. The van der Waals surface area contributed by atoms with Crippen LogP contribution in [0.3, 0.4) is 0 Å². The van der Waals surface area contributed by atoms with Crippen LogP contribution in [-0.2, 0) is 6.54 Å². The number of nitrogens with zero attached hydrogens (tertiary/aromatic N) is 4. The predicted octanol–water partition coefficient (Wildman–Crippen LogP) is 2.47. The zero-order valence-electron chi connectivity index (χ0n) is 13.0. The Labute approximate surface area is 139 Å². The van der Waals surface area contributed by atoms with Crippen LogP contribution in [0.2, 0.25) is 0 Å². The zero-order chi connectivity index (χ0) is 14.3. The van der Waals surface area contributed by atoms with Gasteiger partial charge in [0.05, 0.1) is 13.2 Å². The van der Waals surface area contributed by atoms with Crippen LogP contribution in [0.1, 0.15) is 18.9 Å². The smallest absolute Gasteiger partial charge is 0.213 e. The second-order valence-corrected chi connectivity index (χ2v) is 4.76. The van der Waals surface area contributed by atoms with Crippen molar-refractivity contribution < 1.29 is 4.74 Å². The predicted molar refractivity (Wildman–Crippen MR) is 94.0 cm³/mol. The molecular weight excluding hydrogens is 367 g/mol. The molecule has 6 heteroatoms. The van der Waals surface area contributed by atoms with Crippen molar-refractivity contribution in [2.45, 2.75) is 19.9 Å². The Balaban J connectivity index is 0.00000361. The quantitative estimate of drug-likeness (QED) is 0.439. The number of hydrogen-bond donors (Lipinski definition) is 0. The van der Waals surface area contributed by atoms with Crippen LogP contribution in [-0.4, -0.2) is 55.5 Å². The summed E-state index contributed by atoms with van der Waals surface area (Å²) in [6, 6.07) is 3.90. The van der Waals surface area contributed by atoms with Gasteiger partial charge in [0.15, 0.2) is 5.96 Å². The number of halogens is 1. The fourth-order valence-corrected chi connectivity index (χ4v) is 1.64. The summed E-state index contributed by atoms with van der Waals surface area (Å²) in [5.74, 6) is 1.61. The van der Waals surface area contributed by atoms with Gasteiger partial charge in [-0.2, -0.15) is 0 Å². The molecule has 20 heavy (non-hydrogen) atoms. The summed E-state index contributed by atoms with van der Waals surface area (Å²) in [6.07, 6.45) is 2.81. The van der Waals surface area contributed by atoms with E-state index in [-0.39, 0.29) is 24.0 Å². The molecule has 5 nitrogen and oxygen atoms in total. The number of guanidine groups is 1. The van der Waals surface area contributed by atoms with Gasteiger partial charge in [-0.25, -0.2) is 9.98 Å². The average Bonchev–Trinajstić information content (AvgIpc) is 2.37. The summed E-state index contributed by atoms with van der Waals surface area (Å²) in [7, 11) is 7.94. The van der Waals surface area contributed by atoms with E-state index in [4.69, 9.17) is 4.74 Å². The van der Waals surface area contributed by atoms with Gasteiger partial charge in [0.2, 0.25) is 5.88 Å². The maximum atomic E-state index is 5.45. The molecule has 0 N–H and O–H groups in total. The highest BCUT2D eigenvalue weighted by molar-refractivity contribution is 14.0. The molecule has 114 valence electrons. The van der Waals surface area contributed by atoms with Gasteiger partial charge in [0, 0.05) is 40.5 Å². The second kappa shape index (κ2) is 9.79. The lowest BCUT2D eigenvalue weighted by atomic mass is 10.3. The summed E-state index contributed by atoms with van der Waals surface area (Å²) in [4.78, 5) is 12.8. The Kier molecular flexibility index (Phi) is 9.28. The molecule has 0 unspecified atom stereocenters. The third-order valence-electron chi connectivity index (χ3n) is 2.45. The highest BCUT2D eigenvalue weighted by Crippen LogP contribution is 2.09. The Morgan fingerprint density at radius 3 is 2.30 bits per heavy atom. The fourth-order valence-electron chi connectivity index (χ4n) is 1.64. The van der Waals surface area contributed by atoms with Crippen LogP contribution in [0.15, 0.2) is 23.3 Å². The van der Waals surface area contributed by atoms with Gasteiger partial charge in [0.1, 0.15) is 0 Å². The minimum Gasteiger partial charge on any atom is -0.478 e. The molecule has 0 aliphatic rings. The van der Waals surface area contributed by atoms with Crippen LogP contribution in [0.25, 0.3) is 0 Å².